The Morgan fingerprint density at radius 2 is 1.82 bits per heavy atom. The highest BCUT2D eigenvalue weighted by atomic mass is 32.2. The summed E-state index contributed by atoms with van der Waals surface area (Å²) in [6, 6.07) is 10.5. The molecule has 3 N–H and O–H groups in total. The van der Waals surface area contributed by atoms with E-state index >= 15 is 0 Å². The Kier molecular flexibility index (Phi) is 4.75. The molecule has 9 nitrogen and oxygen atoms in total. The Morgan fingerprint density at radius 1 is 1.11 bits per heavy atom. The van der Waals surface area contributed by atoms with E-state index in [0.29, 0.717) is 5.56 Å². The van der Waals surface area contributed by atoms with Crippen LogP contribution in [0.2, 0.25) is 0 Å². The van der Waals surface area contributed by atoms with Crippen molar-refractivity contribution in [2.24, 2.45) is 0 Å². The molecule has 0 spiro atoms. The third-order valence-corrected chi connectivity index (χ3v) is 4.92. The number of amides is 1. The number of nitro benzene ring substituents is 1. The first-order valence-electron chi connectivity index (χ1n) is 7.87. The number of hydrogen-bond donors (Lipinski definition) is 3. The van der Waals surface area contributed by atoms with Crippen molar-refractivity contribution in [3.63, 3.8) is 0 Å². The molecule has 0 radical (unpaired) electrons. The largest absolute Gasteiger partial charge is 0.507 e. The molecule has 0 fully saturated rings. The summed E-state index contributed by atoms with van der Waals surface area (Å²) in [5, 5.41) is 24.1. The van der Waals surface area contributed by atoms with Crippen molar-refractivity contribution in [1.82, 2.24) is 0 Å². The Morgan fingerprint density at radius 3 is 2.46 bits per heavy atom. The van der Waals surface area contributed by atoms with Crippen LogP contribution in [-0.2, 0) is 10.1 Å². The van der Waals surface area contributed by atoms with Crippen LogP contribution in [-0.4, -0.2) is 28.9 Å². The Balaban J connectivity index is 2.13. The minimum atomic E-state index is -4.60. The zero-order valence-electron chi connectivity index (χ0n) is 14.4. The van der Waals surface area contributed by atoms with Crippen molar-refractivity contribution in [1.29, 1.82) is 0 Å². The summed E-state index contributed by atoms with van der Waals surface area (Å²) in [5.74, 6) is -1.19. The Hall–Kier alpha value is -3.50. The highest BCUT2D eigenvalue weighted by molar-refractivity contribution is 7.85. The van der Waals surface area contributed by atoms with E-state index in [4.69, 9.17) is 0 Å². The van der Waals surface area contributed by atoms with E-state index in [1.165, 1.54) is 36.4 Å². The lowest BCUT2D eigenvalue weighted by Gasteiger charge is -2.11. The number of anilines is 1. The Labute approximate surface area is 159 Å². The number of fused-ring (bicyclic) bond motifs is 1. The van der Waals surface area contributed by atoms with Crippen molar-refractivity contribution in [3.8, 4) is 5.75 Å². The molecule has 0 saturated heterocycles. The lowest BCUT2D eigenvalue weighted by atomic mass is 10.1. The summed E-state index contributed by atoms with van der Waals surface area (Å²) >= 11 is 0. The first-order chi connectivity index (χ1) is 13.1. The van der Waals surface area contributed by atoms with Crippen LogP contribution in [0.15, 0.2) is 53.4 Å². The lowest BCUT2D eigenvalue weighted by Crippen LogP contribution is -2.14. The number of carbonyl (C=O) groups excluding carboxylic acids is 1. The summed E-state index contributed by atoms with van der Waals surface area (Å²) in [5.41, 5.74) is 0.195. The molecular formula is C18H14N2O7S. The number of aryl methyl sites for hydroxylation is 1. The van der Waals surface area contributed by atoms with Gasteiger partial charge in [0.15, 0.2) is 0 Å². The molecule has 0 aliphatic carbocycles. The van der Waals surface area contributed by atoms with Gasteiger partial charge in [0.05, 0.1) is 9.82 Å². The fraction of sp³-hybridized carbons (Fsp3) is 0.0556. The molecule has 0 atom stereocenters. The number of aromatic hydroxyl groups is 1. The summed E-state index contributed by atoms with van der Waals surface area (Å²) in [4.78, 5) is 22.6. The first kappa shape index (κ1) is 19.3. The summed E-state index contributed by atoms with van der Waals surface area (Å²) < 4.78 is 32.1. The van der Waals surface area contributed by atoms with E-state index < -0.39 is 31.6 Å². The molecule has 3 aromatic carbocycles. The average molecular weight is 402 g/mol. The topological polar surface area (TPSA) is 147 Å². The molecule has 28 heavy (non-hydrogen) atoms. The molecule has 10 heteroatoms. The number of nitrogens with one attached hydrogen (secondary N) is 1. The number of phenolic OH excluding ortho intramolecular Hbond substituents is 1. The smallest absolute Gasteiger partial charge is 0.294 e. The number of hydrogen-bond acceptors (Lipinski definition) is 6. The molecule has 144 valence electrons. The molecule has 0 aromatic heterocycles. The quantitative estimate of drug-likeness (QED) is 0.345. The van der Waals surface area contributed by atoms with Crippen LogP contribution in [0.3, 0.4) is 0 Å². The summed E-state index contributed by atoms with van der Waals surface area (Å²) in [7, 11) is -4.60. The van der Waals surface area contributed by atoms with Crippen molar-refractivity contribution >= 4 is 38.2 Å². The van der Waals surface area contributed by atoms with Gasteiger partial charge in [-0.05, 0) is 30.7 Å². The van der Waals surface area contributed by atoms with Crippen LogP contribution in [0.1, 0.15) is 15.9 Å². The van der Waals surface area contributed by atoms with E-state index in [-0.39, 0.29) is 27.7 Å². The van der Waals surface area contributed by atoms with Gasteiger partial charge in [0.25, 0.3) is 21.7 Å². The number of nitro groups is 1. The van der Waals surface area contributed by atoms with E-state index in [0.717, 1.165) is 12.1 Å². The zero-order valence-corrected chi connectivity index (χ0v) is 15.2. The fourth-order valence-corrected chi connectivity index (χ4v) is 3.31. The predicted octanol–water partition coefficient (Wildman–Crippen LogP) is 3.26. The number of phenols is 1. The van der Waals surface area contributed by atoms with Gasteiger partial charge in [0.2, 0.25) is 0 Å². The standard InChI is InChI=1S/C18H14N2O7S/c1-10-5-6-16(20(23)24)14(7-10)18(22)19-15-4-2-3-12-13(15)8-11(9-17(12)21)28(25,26)27/h2-9,21H,1H3,(H,19,22)(H,25,26,27). The average Bonchev–Trinajstić information content (AvgIpc) is 2.61. The molecule has 0 aliphatic rings. The second-order valence-electron chi connectivity index (χ2n) is 6.05. The molecule has 3 rings (SSSR count). The third kappa shape index (κ3) is 3.63. The number of benzene rings is 3. The maximum Gasteiger partial charge on any atom is 0.294 e. The summed E-state index contributed by atoms with van der Waals surface area (Å²) in [6.45, 7) is 1.68. The van der Waals surface area contributed by atoms with Crippen LogP contribution in [0.25, 0.3) is 10.8 Å². The van der Waals surface area contributed by atoms with Crippen LogP contribution in [0.5, 0.6) is 5.75 Å². The van der Waals surface area contributed by atoms with Crippen LogP contribution in [0.4, 0.5) is 11.4 Å². The molecule has 0 unspecified atom stereocenters. The second kappa shape index (κ2) is 6.91. The van der Waals surface area contributed by atoms with E-state index in [1.807, 2.05) is 0 Å². The van der Waals surface area contributed by atoms with Crippen molar-refractivity contribution in [3.05, 3.63) is 69.8 Å². The molecule has 1 amide bonds. The van der Waals surface area contributed by atoms with E-state index in [2.05, 4.69) is 5.32 Å². The van der Waals surface area contributed by atoms with Gasteiger partial charge in [0.1, 0.15) is 11.3 Å². The fourth-order valence-electron chi connectivity index (χ4n) is 2.78. The van der Waals surface area contributed by atoms with Gasteiger partial charge in [-0.15, -0.1) is 0 Å². The van der Waals surface area contributed by atoms with Gasteiger partial charge in [-0.2, -0.15) is 8.42 Å². The summed E-state index contributed by atoms with van der Waals surface area (Å²) in [6.07, 6.45) is 0. The highest BCUT2D eigenvalue weighted by Gasteiger charge is 2.21. The second-order valence-corrected chi connectivity index (χ2v) is 7.47. The van der Waals surface area contributed by atoms with Gasteiger partial charge >= 0.3 is 0 Å². The van der Waals surface area contributed by atoms with Crippen LogP contribution >= 0.6 is 0 Å². The molecular weight excluding hydrogens is 388 g/mol. The number of carbonyl (C=O) groups is 1. The molecule has 0 heterocycles. The maximum absolute atomic E-state index is 12.7. The van der Waals surface area contributed by atoms with Crippen molar-refractivity contribution in [2.75, 3.05) is 5.32 Å². The van der Waals surface area contributed by atoms with Crippen LogP contribution in [0, 0.1) is 17.0 Å². The normalized spacial score (nSPS) is 11.4. The first-order valence-corrected chi connectivity index (χ1v) is 9.31. The van der Waals surface area contributed by atoms with E-state index in [9.17, 15) is 33.0 Å². The van der Waals surface area contributed by atoms with Gasteiger partial charge in [-0.3, -0.25) is 19.5 Å². The highest BCUT2D eigenvalue weighted by Crippen LogP contribution is 2.33. The number of rotatable bonds is 4. The monoisotopic (exact) mass is 402 g/mol. The van der Waals surface area contributed by atoms with Crippen molar-refractivity contribution < 1.29 is 27.8 Å². The van der Waals surface area contributed by atoms with Gasteiger partial charge in [0, 0.05) is 28.6 Å². The van der Waals surface area contributed by atoms with Crippen LogP contribution < -0.4 is 5.32 Å². The minimum absolute atomic E-state index is 0.110. The van der Waals surface area contributed by atoms with Crippen molar-refractivity contribution in [2.45, 2.75) is 11.8 Å². The molecule has 0 bridgehead atoms. The number of nitrogens with zero attached hydrogens (tertiary/aromatic N) is 1. The zero-order chi connectivity index (χ0) is 20.6. The minimum Gasteiger partial charge on any atom is -0.507 e. The van der Waals surface area contributed by atoms with Gasteiger partial charge < -0.3 is 10.4 Å². The lowest BCUT2D eigenvalue weighted by molar-refractivity contribution is -0.385. The van der Waals surface area contributed by atoms with Gasteiger partial charge in [-0.1, -0.05) is 18.2 Å². The SMILES string of the molecule is Cc1ccc([N+](=O)[O-])c(C(=O)Nc2cccc3c(O)cc(S(=O)(=O)O)cc23)c1. The Bertz CT molecular complexity index is 1240. The molecule has 0 saturated carbocycles. The third-order valence-electron chi connectivity index (χ3n) is 4.09. The van der Waals surface area contributed by atoms with E-state index in [1.54, 1.807) is 6.92 Å². The van der Waals surface area contributed by atoms with Gasteiger partial charge in [-0.25, -0.2) is 0 Å². The predicted molar refractivity (Wildman–Crippen MR) is 101 cm³/mol. The maximum atomic E-state index is 12.7. The molecule has 0 aliphatic heterocycles. The molecule has 3 aromatic rings.